The van der Waals surface area contributed by atoms with Crippen molar-refractivity contribution < 1.29 is 9.49 Å². The molecule has 6 heteroatoms. The van der Waals surface area contributed by atoms with Crippen LogP contribution in [0, 0.1) is 10.1 Å². The third kappa shape index (κ3) is 3.80. The molecule has 6 aromatic rings. The lowest BCUT2D eigenvalue weighted by molar-refractivity contribution is -0.580. The summed E-state index contributed by atoms with van der Waals surface area (Å²) in [6.45, 7) is 0. The summed E-state index contributed by atoms with van der Waals surface area (Å²) in [5.74, 6) is 0.386. The number of aromatic nitrogens is 3. The average Bonchev–Trinajstić information content (AvgIpc) is 3.38. The summed E-state index contributed by atoms with van der Waals surface area (Å²) in [5, 5.41) is 11.7. The van der Waals surface area contributed by atoms with Crippen molar-refractivity contribution in [3.63, 3.8) is 0 Å². The van der Waals surface area contributed by atoms with Gasteiger partial charge in [0.25, 0.3) is 5.69 Å². The van der Waals surface area contributed by atoms with Crippen molar-refractivity contribution in [1.29, 1.82) is 0 Å². The SMILES string of the molecule is O=[N+]([O-])c1cccc2nc(-[n+]3c(-c4ccccc4)cc(-c4ccccc4)cc3-c3ccccc3)[n-]c12. The molecule has 0 aliphatic rings. The van der Waals surface area contributed by atoms with E-state index in [9.17, 15) is 10.1 Å². The van der Waals surface area contributed by atoms with Crippen molar-refractivity contribution in [3.8, 4) is 39.6 Å². The van der Waals surface area contributed by atoms with E-state index in [4.69, 9.17) is 4.98 Å². The molecule has 0 atom stereocenters. The van der Waals surface area contributed by atoms with Gasteiger partial charge in [-0.25, -0.2) is 9.97 Å². The molecular formula is C30H20N4O2. The van der Waals surface area contributed by atoms with Crippen LogP contribution >= 0.6 is 0 Å². The van der Waals surface area contributed by atoms with Crippen LogP contribution in [0.2, 0.25) is 0 Å². The van der Waals surface area contributed by atoms with E-state index in [-0.39, 0.29) is 11.2 Å². The number of hydrogen-bond acceptors (Lipinski definition) is 3. The van der Waals surface area contributed by atoms with Crippen LogP contribution in [0.5, 0.6) is 0 Å². The average molecular weight is 469 g/mol. The van der Waals surface area contributed by atoms with Crippen molar-refractivity contribution in [2.75, 3.05) is 0 Å². The van der Waals surface area contributed by atoms with Gasteiger partial charge in [-0.15, -0.1) is 0 Å². The monoisotopic (exact) mass is 468 g/mol. The maximum absolute atomic E-state index is 11.7. The molecule has 6 nitrogen and oxygen atoms in total. The van der Waals surface area contributed by atoms with E-state index in [2.05, 4.69) is 29.2 Å². The Morgan fingerprint density at radius 3 is 1.69 bits per heavy atom. The van der Waals surface area contributed by atoms with Gasteiger partial charge in [0.15, 0.2) is 5.52 Å². The molecule has 0 bridgehead atoms. The molecule has 0 N–H and O–H groups in total. The summed E-state index contributed by atoms with van der Waals surface area (Å²) < 4.78 is 1.99. The highest BCUT2D eigenvalue weighted by atomic mass is 16.6. The number of para-hydroxylation sites is 1. The number of fused-ring (bicyclic) bond motifs is 1. The number of pyridine rings is 1. The van der Waals surface area contributed by atoms with Gasteiger partial charge in [0.05, 0.1) is 21.8 Å². The van der Waals surface area contributed by atoms with Crippen LogP contribution in [-0.2, 0) is 0 Å². The maximum Gasteiger partial charge on any atom is 0.297 e. The first-order chi connectivity index (χ1) is 17.7. The fourth-order valence-electron chi connectivity index (χ4n) is 4.45. The van der Waals surface area contributed by atoms with E-state index >= 15 is 0 Å². The summed E-state index contributed by atoms with van der Waals surface area (Å²) in [4.78, 5) is 20.7. The van der Waals surface area contributed by atoms with Crippen LogP contribution in [0.15, 0.2) is 121 Å². The Bertz CT molecular complexity index is 1640. The standard InChI is InChI=1S/C30H20N4O2/c35-34(36)26-18-10-17-25-29(26)32-30(31-25)33-27(22-13-6-2-7-14-22)19-24(21-11-4-1-5-12-21)20-28(33)23-15-8-3-9-16-23/h1-20H. The highest BCUT2D eigenvalue weighted by Crippen LogP contribution is 2.31. The molecule has 0 aliphatic heterocycles. The number of hydrogen-bond donors (Lipinski definition) is 0. The summed E-state index contributed by atoms with van der Waals surface area (Å²) in [5.41, 5.74) is 6.56. The maximum atomic E-state index is 11.7. The summed E-state index contributed by atoms with van der Waals surface area (Å²) in [7, 11) is 0. The van der Waals surface area contributed by atoms with Crippen molar-refractivity contribution in [2.24, 2.45) is 0 Å². The molecule has 0 saturated carbocycles. The topological polar surface area (TPSA) is 74.0 Å². The van der Waals surface area contributed by atoms with Gasteiger partial charge in [0.2, 0.25) is 5.95 Å². The molecule has 4 aromatic carbocycles. The van der Waals surface area contributed by atoms with Crippen LogP contribution in [0.1, 0.15) is 0 Å². The van der Waals surface area contributed by atoms with Gasteiger partial charge in [-0.3, -0.25) is 14.7 Å². The second kappa shape index (κ2) is 8.92. The lowest BCUT2D eigenvalue weighted by Crippen LogP contribution is -2.38. The van der Waals surface area contributed by atoms with Gasteiger partial charge in [-0.2, -0.15) is 0 Å². The number of imidazole rings is 1. The van der Waals surface area contributed by atoms with Gasteiger partial charge in [0, 0.05) is 6.07 Å². The van der Waals surface area contributed by atoms with Crippen molar-refractivity contribution in [3.05, 3.63) is 131 Å². The van der Waals surface area contributed by atoms with E-state index in [1.807, 2.05) is 83.4 Å². The Balaban J connectivity index is 1.72. The van der Waals surface area contributed by atoms with E-state index in [1.54, 1.807) is 12.1 Å². The zero-order valence-corrected chi connectivity index (χ0v) is 19.2. The number of nitro groups is 1. The zero-order chi connectivity index (χ0) is 24.5. The molecule has 172 valence electrons. The first-order valence-electron chi connectivity index (χ1n) is 11.5. The highest BCUT2D eigenvalue weighted by molar-refractivity contribution is 5.85. The van der Waals surface area contributed by atoms with E-state index in [0.717, 1.165) is 33.6 Å². The fraction of sp³-hybridized carbons (Fsp3) is 0. The first-order valence-corrected chi connectivity index (χ1v) is 11.5. The number of nitro benzene ring substituents is 1. The minimum absolute atomic E-state index is 0.0599. The minimum atomic E-state index is -0.416. The van der Waals surface area contributed by atoms with Crippen LogP contribution < -0.4 is 9.55 Å². The van der Waals surface area contributed by atoms with Gasteiger partial charge < -0.3 is 0 Å². The lowest BCUT2D eigenvalue weighted by atomic mass is 9.99. The molecule has 0 fully saturated rings. The smallest absolute Gasteiger partial charge is 0.278 e. The van der Waals surface area contributed by atoms with Crippen molar-refractivity contribution in [1.82, 2.24) is 9.97 Å². The minimum Gasteiger partial charge on any atom is -0.278 e. The molecule has 0 spiro atoms. The molecule has 6 rings (SSSR count). The zero-order valence-electron chi connectivity index (χ0n) is 19.2. The third-order valence-corrected chi connectivity index (χ3v) is 6.13. The third-order valence-electron chi connectivity index (χ3n) is 6.13. The molecule has 36 heavy (non-hydrogen) atoms. The molecular weight excluding hydrogens is 448 g/mol. The Labute approximate surface area is 207 Å². The Kier molecular flexibility index (Phi) is 5.31. The number of rotatable bonds is 5. The number of non-ortho nitro benzene ring substituents is 1. The van der Waals surface area contributed by atoms with Crippen LogP contribution in [0.3, 0.4) is 0 Å². The Morgan fingerprint density at radius 2 is 1.17 bits per heavy atom. The van der Waals surface area contributed by atoms with E-state index < -0.39 is 4.92 Å². The highest BCUT2D eigenvalue weighted by Gasteiger charge is 2.21. The van der Waals surface area contributed by atoms with Crippen LogP contribution in [-0.4, -0.2) is 9.91 Å². The quantitative estimate of drug-likeness (QED) is 0.167. The Morgan fingerprint density at radius 1 is 0.639 bits per heavy atom. The molecule has 0 radical (unpaired) electrons. The predicted octanol–water partition coefficient (Wildman–Crippen LogP) is 6.38. The van der Waals surface area contributed by atoms with Gasteiger partial charge in [-0.1, -0.05) is 97.1 Å². The summed E-state index contributed by atoms with van der Waals surface area (Å²) >= 11 is 0. The second-order valence-electron chi connectivity index (χ2n) is 8.37. The normalized spacial score (nSPS) is 11.0. The number of benzene rings is 4. The van der Waals surface area contributed by atoms with Crippen molar-refractivity contribution >= 4 is 16.7 Å². The number of nitrogens with zero attached hydrogens (tertiary/aromatic N) is 4. The van der Waals surface area contributed by atoms with Gasteiger partial charge >= 0.3 is 0 Å². The molecule has 0 unspecified atom stereocenters. The molecule has 0 saturated heterocycles. The summed E-state index contributed by atoms with van der Waals surface area (Å²) in [6, 6.07) is 39.4. The predicted molar refractivity (Wildman–Crippen MR) is 140 cm³/mol. The molecule has 2 heterocycles. The van der Waals surface area contributed by atoms with Crippen LogP contribution in [0.25, 0.3) is 50.6 Å². The molecule has 0 aliphatic carbocycles. The second-order valence-corrected chi connectivity index (χ2v) is 8.37. The van der Waals surface area contributed by atoms with Crippen molar-refractivity contribution in [2.45, 2.75) is 0 Å². The lowest BCUT2D eigenvalue weighted by Gasteiger charge is -2.19. The van der Waals surface area contributed by atoms with Gasteiger partial charge in [0.1, 0.15) is 0 Å². The van der Waals surface area contributed by atoms with Gasteiger partial charge in [-0.05, 0) is 40.5 Å². The van der Waals surface area contributed by atoms with E-state index in [1.165, 1.54) is 6.07 Å². The molecule has 0 amide bonds. The summed E-state index contributed by atoms with van der Waals surface area (Å²) in [6.07, 6.45) is 0. The molecule has 2 aromatic heterocycles. The van der Waals surface area contributed by atoms with Crippen LogP contribution in [0.4, 0.5) is 5.69 Å². The first kappa shape index (κ1) is 21.4. The Hall–Kier alpha value is -5.10. The van der Waals surface area contributed by atoms with E-state index in [0.29, 0.717) is 11.5 Å². The largest absolute Gasteiger partial charge is 0.297 e. The fourth-order valence-corrected chi connectivity index (χ4v) is 4.45.